The molecule has 0 fully saturated rings. The van der Waals surface area contributed by atoms with Crippen LogP contribution in [-0.2, 0) is 0 Å². The van der Waals surface area contributed by atoms with Gasteiger partial charge in [-0.3, -0.25) is 4.98 Å². The first kappa shape index (κ1) is 29.9. The first-order chi connectivity index (χ1) is 25.8. The summed E-state index contributed by atoms with van der Waals surface area (Å²) in [5, 5.41) is 5.66. The molecule has 0 saturated heterocycles. The van der Waals surface area contributed by atoms with E-state index in [0.717, 1.165) is 49.9 Å². The summed E-state index contributed by atoms with van der Waals surface area (Å²) in [4.78, 5) is 6.88. The van der Waals surface area contributed by atoms with E-state index in [2.05, 4.69) is 192 Å². The van der Waals surface area contributed by atoms with E-state index in [9.17, 15) is 0 Å². The van der Waals surface area contributed by atoms with Crippen molar-refractivity contribution in [3.05, 3.63) is 194 Å². The molecule has 0 bridgehead atoms. The number of fused-ring (bicyclic) bond motifs is 6. The summed E-state index contributed by atoms with van der Waals surface area (Å²) in [7, 11) is 0. The summed E-state index contributed by atoms with van der Waals surface area (Å²) in [6.07, 6.45) is 1.82. The Kier molecular flexibility index (Phi) is 7.14. The van der Waals surface area contributed by atoms with Gasteiger partial charge < -0.3 is 9.32 Å². The zero-order valence-electron chi connectivity index (χ0n) is 28.3. The molecule has 0 saturated carbocycles. The summed E-state index contributed by atoms with van der Waals surface area (Å²) in [6.45, 7) is 0. The lowest BCUT2D eigenvalue weighted by Gasteiger charge is -2.26. The van der Waals surface area contributed by atoms with E-state index in [1.807, 2.05) is 12.3 Å². The van der Waals surface area contributed by atoms with E-state index >= 15 is 0 Å². The monoisotopic (exact) mass is 664 g/mol. The van der Waals surface area contributed by atoms with Gasteiger partial charge in [0.25, 0.3) is 0 Å². The molecule has 3 heteroatoms. The van der Waals surface area contributed by atoms with Gasteiger partial charge in [-0.1, -0.05) is 121 Å². The van der Waals surface area contributed by atoms with Crippen LogP contribution in [0.25, 0.3) is 77.0 Å². The number of anilines is 3. The van der Waals surface area contributed by atoms with Gasteiger partial charge in [0.05, 0.1) is 5.52 Å². The van der Waals surface area contributed by atoms with Crippen LogP contribution >= 0.6 is 0 Å². The summed E-state index contributed by atoms with van der Waals surface area (Å²) < 4.78 is 6.62. The SMILES string of the molecule is c1ccc(-c2ccc(-c3ccc(N(c4cccc(-c5cccc6ccccc56)c4)c4ccc5c(c4)oc4c6cccnc6ccc54)cc3)cc2)cc1. The quantitative estimate of drug-likeness (QED) is 0.177. The van der Waals surface area contributed by atoms with Crippen molar-refractivity contribution in [3.8, 4) is 33.4 Å². The molecule has 0 atom stereocenters. The second-order valence-electron chi connectivity index (χ2n) is 13.2. The van der Waals surface area contributed by atoms with Gasteiger partial charge in [-0.05, 0) is 105 Å². The molecule has 0 amide bonds. The van der Waals surface area contributed by atoms with Crippen LogP contribution in [-0.4, -0.2) is 4.98 Å². The highest BCUT2D eigenvalue weighted by Crippen LogP contribution is 2.42. The van der Waals surface area contributed by atoms with Gasteiger partial charge in [0.15, 0.2) is 0 Å². The Balaban J connectivity index is 1.09. The summed E-state index contributed by atoms with van der Waals surface area (Å²) in [5.41, 5.74) is 12.9. The topological polar surface area (TPSA) is 29.3 Å². The minimum absolute atomic E-state index is 0.842. The van der Waals surface area contributed by atoms with E-state index < -0.39 is 0 Å². The van der Waals surface area contributed by atoms with Crippen molar-refractivity contribution < 1.29 is 4.42 Å². The molecular weight excluding hydrogens is 633 g/mol. The van der Waals surface area contributed by atoms with Crippen LogP contribution in [0.3, 0.4) is 0 Å². The van der Waals surface area contributed by atoms with Crippen molar-refractivity contribution in [2.24, 2.45) is 0 Å². The van der Waals surface area contributed by atoms with Gasteiger partial charge in [-0.2, -0.15) is 0 Å². The molecule has 0 N–H and O–H groups in total. The molecule has 0 spiro atoms. The van der Waals surface area contributed by atoms with Crippen molar-refractivity contribution in [3.63, 3.8) is 0 Å². The Morgan fingerprint density at radius 3 is 1.83 bits per heavy atom. The van der Waals surface area contributed by atoms with E-state index in [1.54, 1.807) is 0 Å². The summed E-state index contributed by atoms with van der Waals surface area (Å²) >= 11 is 0. The third-order valence-corrected chi connectivity index (χ3v) is 10.1. The van der Waals surface area contributed by atoms with Gasteiger partial charge in [0, 0.05) is 45.5 Å². The lowest BCUT2D eigenvalue weighted by atomic mass is 9.97. The number of furan rings is 1. The predicted molar refractivity (Wildman–Crippen MR) is 218 cm³/mol. The highest BCUT2D eigenvalue weighted by atomic mass is 16.3. The van der Waals surface area contributed by atoms with Crippen molar-refractivity contribution in [2.45, 2.75) is 0 Å². The van der Waals surface area contributed by atoms with Crippen LogP contribution in [0.5, 0.6) is 0 Å². The van der Waals surface area contributed by atoms with Crippen LogP contribution in [0, 0.1) is 0 Å². The number of rotatable bonds is 6. The molecule has 2 heterocycles. The number of aromatic nitrogens is 1. The fourth-order valence-corrected chi connectivity index (χ4v) is 7.54. The minimum Gasteiger partial charge on any atom is -0.455 e. The van der Waals surface area contributed by atoms with Gasteiger partial charge in [0.2, 0.25) is 0 Å². The molecule has 0 aliphatic rings. The average molecular weight is 665 g/mol. The molecule has 0 radical (unpaired) electrons. The van der Waals surface area contributed by atoms with Crippen LogP contribution in [0.1, 0.15) is 0 Å². The molecular formula is C49H32N2O. The fourth-order valence-electron chi connectivity index (χ4n) is 7.54. The van der Waals surface area contributed by atoms with Crippen molar-refractivity contribution in [1.29, 1.82) is 0 Å². The van der Waals surface area contributed by atoms with E-state index in [0.29, 0.717) is 0 Å². The number of hydrogen-bond acceptors (Lipinski definition) is 3. The van der Waals surface area contributed by atoms with E-state index in [1.165, 1.54) is 44.2 Å². The van der Waals surface area contributed by atoms with Crippen LogP contribution in [0.2, 0.25) is 0 Å². The highest BCUT2D eigenvalue weighted by Gasteiger charge is 2.18. The third kappa shape index (κ3) is 5.19. The van der Waals surface area contributed by atoms with Crippen LogP contribution in [0.4, 0.5) is 17.1 Å². The Bertz CT molecular complexity index is 2880. The largest absolute Gasteiger partial charge is 0.455 e. The smallest absolute Gasteiger partial charge is 0.144 e. The maximum Gasteiger partial charge on any atom is 0.144 e. The molecule has 8 aromatic carbocycles. The highest BCUT2D eigenvalue weighted by molar-refractivity contribution is 6.14. The first-order valence-electron chi connectivity index (χ1n) is 17.6. The van der Waals surface area contributed by atoms with Gasteiger partial charge in [-0.15, -0.1) is 0 Å². The number of benzene rings is 8. The fraction of sp³-hybridized carbons (Fsp3) is 0. The number of pyridine rings is 1. The molecule has 0 unspecified atom stereocenters. The normalized spacial score (nSPS) is 11.5. The molecule has 52 heavy (non-hydrogen) atoms. The number of nitrogens with zero attached hydrogens (tertiary/aromatic N) is 2. The number of hydrogen-bond donors (Lipinski definition) is 0. The van der Waals surface area contributed by atoms with Gasteiger partial charge >= 0.3 is 0 Å². The summed E-state index contributed by atoms with van der Waals surface area (Å²) in [6, 6.07) is 66.9. The van der Waals surface area contributed by atoms with Crippen molar-refractivity contribution in [2.75, 3.05) is 4.90 Å². The lowest BCUT2D eigenvalue weighted by Crippen LogP contribution is -2.10. The average Bonchev–Trinajstić information content (AvgIpc) is 3.60. The predicted octanol–water partition coefficient (Wildman–Crippen LogP) is 13.8. The summed E-state index contributed by atoms with van der Waals surface area (Å²) in [5.74, 6) is 0. The van der Waals surface area contributed by atoms with Gasteiger partial charge in [0.1, 0.15) is 11.2 Å². The third-order valence-electron chi connectivity index (χ3n) is 10.1. The molecule has 0 aliphatic carbocycles. The zero-order chi connectivity index (χ0) is 34.4. The lowest BCUT2D eigenvalue weighted by molar-refractivity contribution is 0.672. The van der Waals surface area contributed by atoms with Crippen LogP contribution in [0.15, 0.2) is 199 Å². The minimum atomic E-state index is 0.842. The maximum absolute atomic E-state index is 6.62. The molecule has 3 nitrogen and oxygen atoms in total. The van der Waals surface area contributed by atoms with E-state index in [-0.39, 0.29) is 0 Å². The second kappa shape index (κ2) is 12.4. The molecule has 2 aromatic heterocycles. The zero-order valence-corrected chi connectivity index (χ0v) is 28.3. The van der Waals surface area contributed by atoms with Gasteiger partial charge in [-0.25, -0.2) is 0 Å². The van der Waals surface area contributed by atoms with Crippen LogP contribution < -0.4 is 4.90 Å². The Morgan fingerprint density at radius 1 is 0.385 bits per heavy atom. The molecule has 10 rings (SSSR count). The first-order valence-corrected chi connectivity index (χ1v) is 17.6. The van der Waals surface area contributed by atoms with E-state index in [4.69, 9.17) is 4.42 Å². The van der Waals surface area contributed by atoms with Crippen molar-refractivity contribution in [1.82, 2.24) is 4.98 Å². The standard InChI is InChI=1S/C49H32N2O/c1-2-9-33(10-3-1)34-18-20-35(21-19-34)36-22-24-39(25-23-36)51(40-14-6-13-38(31-40)43-16-7-12-37-11-4-5-15-42(37)43)41-26-27-44-45-28-29-47-46(17-8-30-50-47)49(45)52-48(44)32-41/h1-32H. The Morgan fingerprint density at radius 2 is 1.00 bits per heavy atom. The Hall–Kier alpha value is -6.97. The maximum atomic E-state index is 6.62. The molecule has 10 aromatic rings. The Labute approximate surface area is 301 Å². The second-order valence-corrected chi connectivity index (χ2v) is 13.2. The van der Waals surface area contributed by atoms with Crippen molar-refractivity contribution >= 4 is 60.7 Å². The molecule has 244 valence electrons. The molecule has 0 aliphatic heterocycles.